The van der Waals surface area contributed by atoms with Gasteiger partial charge >= 0.3 is 0 Å². The van der Waals surface area contributed by atoms with Crippen LogP contribution in [0.1, 0.15) is 29.9 Å². The molecule has 0 atom stereocenters. The van der Waals surface area contributed by atoms with Gasteiger partial charge in [0, 0.05) is 30.9 Å². The summed E-state index contributed by atoms with van der Waals surface area (Å²) in [4.78, 5) is 12.0. The quantitative estimate of drug-likeness (QED) is 0.893. The van der Waals surface area contributed by atoms with Gasteiger partial charge in [0.1, 0.15) is 5.69 Å². The summed E-state index contributed by atoms with van der Waals surface area (Å²) < 4.78 is 1.54. The van der Waals surface area contributed by atoms with E-state index in [0.717, 1.165) is 11.3 Å². The number of carbonyl (C=O) groups excluding carboxylic acids is 1. The molecule has 1 amide bonds. The lowest BCUT2D eigenvalue weighted by Crippen LogP contribution is -2.28. The Morgan fingerprint density at radius 3 is 2.45 bits per heavy atom. The monoisotopic (exact) mass is 272 g/mol. The van der Waals surface area contributed by atoms with Crippen molar-refractivity contribution in [3.8, 4) is 0 Å². The van der Waals surface area contributed by atoms with E-state index in [0.29, 0.717) is 12.2 Å². The van der Waals surface area contributed by atoms with Gasteiger partial charge in [0.15, 0.2) is 0 Å². The third-order valence-corrected chi connectivity index (χ3v) is 3.49. The molecular weight excluding hydrogens is 252 g/mol. The number of anilines is 1. The van der Waals surface area contributed by atoms with Gasteiger partial charge in [-0.15, -0.1) is 0 Å². The Hall–Kier alpha value is -2.14. The maximum Gasteiger partial charge on any atom is 0.273 e. The zero-order chi connectivity index (χ0) is 14.8. The zero-order valence-corrected chi connectivity index (χ0v) is 12.1. The lowest BCUT2D eigenvalue weighted by atomic mass is 9.85. The van der Waals surface area contributed by atoms with Crippen LogP contribution in [0.5, 0.6) is 0 Å². The number of hydrogen-bond acceptors (Lipinski definition) is 3. The summed E-state index contributed by atoms with van der Waals surface area (Å²) >= 11 is 0. The normalized spacial score (nSPS) is 11.4. The van der Waals surface area contributed by atoms with Crippen LogP contribution in [0, 0.1) is 0 Å². The first kappa shape index (κ1) is 14.3. The van der Waals surface area contributed by atoms with Crippen molar-refractivity contribution >= 4 is 11.6 Å². The summed E-state index contributed by atoms with van der Waals surface area (Å²) in [6, 6.07) is 9.45. The van der Waals surface area contributed by atoms with Crippen LogP contribution < -0.4 is 11.1 Å². The van der Waals surface area contributed by atoms with Gasteiger partial charge in [0.25, 0.3) is 5.91 Å². The minimum atomic E-state index is -0.171. The molecule has 1 aromatic carbocycles. The maximum absolute atomic E-state index is 12.0. The molecule has 0 saturated carbocycles. The fourth-order valence-electron chi connectivity index (χ4n) is 1.91. The Labute approximate surface area is 118 Å². The standard InChI is InChI=1S/C15H20N4O/c1-15(2,10-16)11-4-6-12(7-5-11)18-14(20)13-8-9-17-19(13)3/h4-9H,10,16H2,1-3H3,(H,18,20). The lowest BCUT2D eigenvalue weighted by Gasteiger charge is -2.23. The molecule has 0 unspecified atom stereocenters. The van der Waals surface area contributed by atoms with E-state index >= 15 is 0 Å². The van der Waals surface area contributed by atoms with Crippen molar-refractivity contribution < 1.29 is 4.79 Å². The average molecular weight is 272 g/mol. The summed E-state index contributed by atoms with van der Waals surface area (Å²) in [6.45, 7) is 4.76. The molecule has 2 aromatic rings. The predicted octanol–water partition coefficient (Wildman–Crippen LogP) is 1.91. The van der Waals surface area contributed by atoms with Crippen LogP contribution in [0.2, 0.25) is 0 Å². The van der Waals surface area contributed by atoms with Gasteiger partial charge in [-0.3, -0.25) is 9.48 Å². The summed E-state index contributed by atoms with van der Waals surface area (Å²) in [5, 5.41) is 6.83. The second-order valence-electron chi connectivity index (χ2n) is 5.46. The molecule has 0 saturated heterocycles. The summed E-state index contributed by atoms with van der Waals surface area (Å²) in [5.74, 6) is -0.171. The van der Waals surface area contributed by atoms with Crippen molar-refractivity contribution in [2.75, 3.05) is 11.9 Å². The number of nitrogens with two attached hydrogens (primary N) is 1. The van der Waals surface area contributed by atoms with Gasteiger partial charge < -0.3 is 11.1 Å². The number of rotatable bonds is 4. The Bertz CT molecular complexity index is 599. The van der Waals surface area contributed by atoms with Gasteiger partial charge in [0.05, 0.1) is 0 Å². The number of benzene rings is 1. The van der Waals surface area contributed by atoms with Crippen LogP contribution in [0.25, 0.3) is 0 Å². The number of aromatic nitrogens is 2. The molecule has 5 heteroatoms. The van der Waals surface area contributed by atoms with Gasteiger partial charge in [-0.05, 0) is 23.8 Å². The molecule has 5 nitrogen and oxygen atoms in total. The SMILES string of the molecule is Cn1nccc1C(=O)Nc1ccc(C(C)(C)CN)cc1. The van der Waals surface area contributed by atoms with Crippen molar-refractivity contribution in [1.29, 1.82) is 0 Å². The van der Waals surface area contributed by atoms with Crippen molar-refractivity contribution in [2.24, 2.45) is 12.8 Å². The van der Waals surface area contributed by atoms with Crippen LogP contribution >= 0.6 is 0 Å². The molecule has 2 rings (SSSR count). The molecule has 0 spiro atoms. The number of nitrogens with one attached hydrogen (secondary N) is 1. The minimum absolute atomic E-state index is 0.0649. The minimum Gasteiger partial charge on any atom is -0.330 e. The van der Waals surface area contributed by atoms with Crippen molar-refractivity contribution in [3.63, 3.8) is 0 Å². The van der Waals surface area contributed by atoms with E-state index in [1.807, 2.05) is 24.3 Å². The molecule has 1 aromatic heterocycles. The van der Waals surface area contributed by atoms with E-state index in [-0.39, 0.29) is 11.3 Å². The average Bonchev–Trinajstić information content (AvgIpc) is 2.85. The van der Waals surface area contributed by atoms with Crippen LogP contribution in [0.3, 0.4) is 0 Å². The zero-order valence-electron chi connectivity index (χ0n) is 12.1. The summed E-state index contributed by atoms with van der Waals surface area (Å²) in [5.41, 5.74) is 8.13. The number of hydrogen-bond donors (Lipinski definition) is 2. The molecule has 0 bridgehead atoms. The molecule has 0 aliphatic rings. The first-order chi connectivity index (χ1) is 9.44. The van der Waals surface area contributed by atoms with Crippen LogP contribution in [-0.2, 0) is 12.5 Å². The first-order valence-electron chi connectivity index (χ1n) is 6.54. The number of nitrogens with zero attached hydrogens (tertiary/aromatic N) is 2. The van der Waals surface area contributed by atoms with Gasteiger partial charge in [-0.25, -0.2) is 0 Å². The van der Waals surface area contributed by atoms with E-state index in [9.17, 15) is 4.79 Å². The molecular formula is C15H20N4O. The molecule has 0 fully saturated rings. The van der Waals surface area contributed by atoms with Gasteiger partial charge in [0.2, 0.25) is 0 Å². The van der Waals surface area contributed by atoms with E-state index in [2.05, 4.69) is 24.3 Å². The summed E-state index contributed by atoms with van der Waals surface area (Å²) in [7, 11) is 1.74. The fraction of sp³-hybridized carbons (Fsp3) is 0.333. The van der Waals surface area contributed by atoms with Crippen LogP contribution in [-0.4, -0.2) is 22.2 Å². The summed E-state index contributed by atoms with van der Waals surface area (Å²) in [6.07, 6.45) is 1.60. The predicted molar refractivity (Wildman–Crippen MR) is 79.7 cm³/mol. The third-order valence-electron chi connectivity index (χ3n) is 3.49. The highest BCUT2D eigenvalue weighted by atomic mass is 16.2. The second kappa shape index (κ2) is 5.46. The van der Waals surface area contributed by atoms with Gasteiger partial charge in [-0.1, -0.05) is 26.0 Å². The molecule has 1 heterocycles. The molecule has 0 aliphatic heterocycles. The Morgan fingerprint density at radius 2 is 1.95 bits per heavy atom. The number of amides is 1. The molecule has 0 aliphatic carbocycles. The Morgan fingerprint density at radius 1 is 1.30 bits per heavy atom. The number of aryl methyl sites for hydroxylation is 1. The van der Waals surface area contributed by atoms with E-state index in [1.165, 1.54) is 0 Å². The van der Waals surface area contributed by atoms with Crippen LogP contribution in [0.4, 0.5) is 5.69 Å². The van der Waals surface area contributed by atoms with Crippen LogP contribution in [0.15, 0.2) is 36.5 Å². The second-order valence-corrected chi connectivity index (χ2v) is 5.46. The molecule has 3 N–H and O–H groups in total. The highest BCUT2D eigenvalue weighted by molar-refractivity contribution is 6.02. The van der Waals surface area contributed by atoms with Crippen molar-refractivity contribution in [3.05, 3.63) is 47.8 Å². The molecule has 20 heavy (non-hydrogen) atoms. The maximum atomic E-state index is 12.0. The largest absolute Gasteiger partial charge is 0.330 e. The Balaban J connectivity index is 2.12. The van der Waals surface area contributed by atoms with E-state index in [4.69, 9.17) is 5.73 Å². The fourth-order valence-corrected chi connectivity index (χ4v) is 1.91. The smallest absolute Gasteiger partial charge is 0.273 e. The van der Waals surface area contributed by atoms with E-state index < -0.39 is 0 Å². The number of carbonyl (C=O) groups is 1. The molecule has 106 valence electrons. The van der Waals surface area contributed by atoms with Crippen molar-refractivity contribution in [2.45, 2.75) is 19.3 Å². The highest BCUT2D eigenvalue weighted by Crippen LogP contribution is 2.23. The lowest BCUT2D eigenvalue weighted by molar-refractivity contribution is 0.101. The topological polar surface area (TPSA) is 72.9 Å². The van der Waals surface area contributed by atoms with E-state index in [1.54, 1.807) is 24.0 Å². The first-order valence-corrected chi connectivity index (χ1v) is 6.54. The third kappa shape index (κ3) is 2.88. The van der Waals surface area contributed by atoms with Gasteiger partial charge in [-0.2, -0.15) is 5.10 Å². The highest BCUT2D eigenvalue weighted by Gasteiger charge is 2.18. The Kier molecular flexibility index (Phi) is 3.90. The van der Waals surface area contributed by atoms with Crippen molar-refractivity contribution in [1.82, 2.24) is 9.78 Å². The molecule has 0 radical (unpaired) electrons.